The molecule has 0 aliphatic carbocycles. The van der Waals surface area contributed by atoms with Crippen molar-refractivity contribution in [3.05, 3.63) is 47.8 Å². The van der Waals surface area contributed by atoms with E-state index in [1.807, 2.05) is 0 Å². The number of hydrogen-bond acceptors (Lipinski definition) is 7. The van der Waals surface area contributed by atoms with Gasteiger partial charge in [0.25, 0.3) is 10.1 Å². The van der Waals surface area contributed by atoms with Crippen molar-refractivity contribution in [1.29, 1.82) is 0 Å². The fourth-order valence-corrected chi connectivity index (χ4v) is 2.49. The Morgan fingerprint density at radius 2 is 1.77 bits per heavy atom. The van der Waals surface area contributed by atoms with Crippen molar-refractivity contribution >= 4 is 27.7 Å². The molecule has 0 aliphatic heterocycles. The molecule has 0 aliphatic rings. The molecule has 1 heterocycles. The topological polar surface area (TPSA) is 112 Å². The van der Waals surface area contributed by atoms with Gasteiger partial charge in [-0.2, -0.15) is 8.42 Å². The Bertz CT molecular complexity index is 923. The summed E-state index contributed by atoms with van der Waals surface area (Å²) >= 11 is 0. The highest BCUT2D eigenvalue weighted by Gasteiger charge is 2.13. The zero-order chi connectivity index (χ0) is 19.3. The van der Waals surface area contributed by atoms with Crippen LogP contribution in [-0.2, 0) is 30.4 Å². The summed E-state index contributed by atoms with van der Waals surface area (Å²) in [7, 11) is -2.42. The third kappa shape index (κ3) is 5.64. The van der Waals surface area contributed by atoms with E-state index in [4.69, 9.17) is 4.18 Å². The second-order valence-corrected chi connectivity index (χ2v) is 7.09. The van der Waals surface area contributed by atoms with Crippen LogP contribution in [0, 0.1) is 0 Å². The van der Waals surface area contributed by atoms with Gasteiger partial charge in [-0.15, -0.1) is 0 Å². The molecule has 0 fully saturated rings. The summed E-state index contributed by atoms with van der Waals surface area (Å²) in [4.78, 5) is 27.0. The van der Waals surface area contributed by atoms with Crippen LogP contribution in [0.25, 0.3) is 11.1 Å². The van der Waals surface area contributed by atoms with E-state index in [2.05, 4.69) is 15.0 Å². The first-order valence-corrected chi connectivity index (χ1v) is 9.31. The number of aromatic nitrogens is 1. The summed E-state index contributed by atoms with van der Waals surface area (Å²) < 4.78 is 31.8. The van der Waals surface area contributed by atoms with Gasteiger partial charge in [0.2, 0.25) is 5.91 Å². The van der Waals surface area contributed by atoms with Crippen molar-refractivity contribution in [2.75, 3.05) is 18.7 Å². The molecule has 8 nitrogen and oxygen atoms in total. The number of ether oxygens (including phenoxy) is 1. The van der Waals surface area contributed by atoms with Crippen LogP contribution < -0.4 is 5.32 Å². The minimum atomic E-state index is -3.65. The molecule has 1 aromatic carbocycles. The lowest BCUT2D eigenvalue weighted by Gasteiger charge is -2.09. The van der Waals surface area contributed by atoms with Crippen LogP contribution in [0.5, 0.6) is 0 Å². The maximum atomic E-state index is 11.8. The molecule has 0 radical (unpaired) electrons. The highest BCUT2D eigenvalue weighted by Crippen LogP contribution is 2.24. The van der Waals surface area contributed by atoms with E-state index in [1.165, 1.54) is 20.1 Å². The van der Waals surface area contributed by atoms with E-state index >= 15 is 0 Å². The van der Waals surface area contributed by atoms with Crippen LogP contribution in [0.1, 0.15) is 23.1 Å². The first-order valence-electron chi connectivity index (χ1n) is 7.49. The molecular formula is C17H18N2O6S. The van der Waals surface area contributed by atoms with Gasteiger partial charge in [-0.05, 0) is 35.4 Å². The predicted octanol–water partition coefficient (Wildman–Crippen LogP) is 1.97. The fourth-order valence-electron chi connectivity index (χ4n) is 2.15. The maximum Gasteiger partial charge on any atom is 0.356 e. The average molecular weight is 378 g/mol. The SMILES string of the molecule is COC(=O)c1cc(-c2ccc(NC(C)=O)cc2)cc(COS(C)(=O)=O)n1. The second kappa shape index (κ2) is 8.07. The Hall–Kier alpha value is -2.78. The molecule has 0 saturated heterocycles. The standard InChI is InChI=1S/C17H18N2O6S/c1-11(20)18-14-6-4-12(5-7-14)13-8-15(10-25-26(3,22)23)19-16(9-13)17(21)24-2/h4-9H,10H2,1-3H3,(H,18,20). The van der Waals surface area contributed by atoms with Gasteiger partial charge in [0.1, 0.15) is 12.3 Å². The average Bonchev–Trinajstić information content (AvgIpc) is 2.58. The summed E-state index contributed by atoms with van der Waals surface area (Å²) in [6.45, 7) is 1.11. The molecule has 0 bridgehead atoms. The number of anilines is 1. The Balaban J connectivity index is 2.39. The van der Waals surface area contributed by atoms with Crippen molar-refractivity contribution in [3.63, 3.8) is 0 Å². The molecule has 0 spiro atoms. The summed E-state index contributed by atoms with van der Waals surface area (Å²) in [5, 5.41) is 2.66. The summed E-state index contributed by atoms with van der Waals surface area (Å²) in [6, 6.07) is 10.1. The molecule has 138 valence electrons. The van der Waals surface area contributed by atoms with E-state index in [1.54, 1.807) is 30.3 Å². The molecule has 9 heteroatoms. The highest BCUT2D eigenvalue weighted by atomic mass is 32.2. The largest absolute Gasteiger partial charge is 0.464 e. The molecule has 2 aromatic rings. The molecule has 1 amide bonds. The second-order valence-electron chi connectivity index (χ2n) is 5.45. The molecule has 0 saturated carbocycles. The van der Waals surface area contributed by atoms with Gasteiger partial charge in [-0.1, -0.05) is 12.1 Å². The lowest BCUT2D eigenvalue weighted by molar-refractivity contribution is -0.114. The number of carbonyl (C=O) groups excluding carboxylic acids is 2. The number of methoxy groups -OCH3 is 1. The van der Waals surface area contributed by atoms with Gasteiger partial charge < -0.3 is 10.1 Å². The van der Waals surface area contributed by atoms with E-state index in [0.717, 1.165) is 11.8 Å². The van der Waals surface area contributed by atoms with Crippen molar-refractivity contribution in [1.82, 2.24) is 4.98 Å². The maximum absolute atomic E-state index is 11.8. The number of benzene rings is 1. The quantitative estimate of drug-likeness (QED) is 0.604. The normalized spacial score (nSPS) is 11.0. The van der Waals surface area contributed by atoms with Gasteiger partial charge in [0, 0.05) is 12.6 Å². The van der Waals surface area contributed by atoms with Crippen LogP contribution >= 0.6 is 0 Å². The third-order valence-electron chi connectivity index (χ3n) is 3.23. The number of nitrogens with zero attached hydrogens (tertiary/aromatic N) is 1. The lowest BCUT2D eigenvalue weighted by Crippen LogP contribution is -2.09. The van der Waals surface area contributed by atoms with Crippen LogP contribution in [0.2, 0.25) is 0 Å². The molecule has 2 rings (SSSR count). The summed E-state index contributed by atoms with van der Waals surface area (Å²) in [5.41, 5.74) is 2.29. The Kier molecular flexibility index (Phi) is 6.06. The van der Waals surface area contributed by atoms with E-state index in [-0.39, 0.29) is 23.9 Å². The highest BCUT2D eigenvalue weighted by molar-refractivity contribution is 7.85. The Labute approximate surface area is 151 Å². The van der Waals surface area contributed by atoms with E-state index < -0.39 is 16.1 Å². The van der Waals surface area contributed by atoms with Crippen molar-refractivity contribution in [2.24, 2.45) is 0 Å². The minimum absolute atomic E-state index is 0.0306. The monoisotopic (exact) mass is 378 g/mol. The number of amides is 1. The first-order chi connectivity index (χ1) is 12.2. The molecular weight excluding hydrogens is 360 g/mol. The number of nitrogens with one attached hydrogen (secondary N) is 1. The van der Waals surface area contributed by atoms with Gasteiger partial charge in [-0.25, -0.2) is 9.78 Å². The number of esters is 1. The zero-order valence-electron chi connectivity index (χ0n) is 14.5. The molecule has 26 heavy (non-hydrogen) atoms. The van der Waals surface area contributed by atoms with Crippen molar-refractivity contribution in [3.8, 4) is 11.1 Å². The van der Waals surface area contributed by atoms with Crippen molar-refractivity contribution in [2.45, 2.75) is 13.5 Å². The minimum Gasteiger partial charge on any atom is -0.464 e. The zero-order valence-corrected chi connectivity index (χ0v) is 15.3. The van der Waals surface area contributed by atoms with Gasteiger partial charge in [0.05, 0.1) is 19.1 Å². The fraction of sp³-hybridized carbons (Fsp3) is 0.235. The van der Waals surface area contributed by atoms with Crippen LogP contribution in [0.15, 0.2) is 36.4 Å². The molecule has 0 atom stereocenters. The smallest absolute Gasteiger partial charge is 0.356 e. The molecule has 1 aromatic heterocycles. The van der Waals surface area contributed by atoms with E-state index in [9.17, 15) is 18.0 Å². The lowest BCUT2D eigenvalue weighted by atomic mass is 10.0. The molecule has 0 unspecified atom stereocenters. The Morgan fingerprint density at radius 3 is 2.31 bits per heavy atom. The predicted molar refractivity (Wildman–Crippen MR) is 94.9 cm³/mol. The number of rotatable bonds is 6. The van der Waals surface area contributed by atoms with Gasteiger partial charge >= 0.3 is 5.97 Å². The third-order valence-corrected chi connectivity index (χ3v) is 3.78. The van der Waals surface area contributed by atoms with Crippen LogP contribution in [0.4, 0.5) is 5.69 Å². The first kappa shape index (κ1) is 19.5. The van der Waals surface area contributed by atoms with Crippen LogP contribution in [0.3, 0.4) is 0 Å². The number of pyridine rings is 1. The van der Waals surface area contributed by atoms with E-state index in [0.29, 0.717) is 11.3 Å². The van der Waals surface area contributed by atoms with Crippen LogP contribution in [-0.4, -0.2) is 38.6 Å². The summed E-state index contributed by atoms with van der Waals surface area (Å²) in [6.07, 6.45) is 0.929. The van der Waals surface area contributed by atoms with Gasteiger partial charge in [-0.3, -0.25) is 8.98 Å². The van der Waals surface area contributed by atoms with Gasteiger partial charge in [0.15, 0.2) is 0 Å². The Morgan fingerprint density at radius 1 is 1.12 bits per heavy atom. The number of hydrogen-bond donors (Lipinski definition) is 1. The summed E-state index contributed by atoms with van der Waals surface area (Å²) in [5.74, 6) is -0.836. The van der Waals surface area contributed by atoms with Crippen molar-refractivity contribution < 1.29 is 26.9 Å². The molecule has 1 N–H and O–H groups in total. The number of carbonyl (C=O) groups is 2.